The first-order valence-electron chi connectivity index (χ1n) is 9.74. The van der Waals surface area contributed by atoms with Crippen LogP contribution in [0.5, 0.6) is 0 Å². The monoisotopic (exact) mass is 377 g/mol. The molecular weight excluding hydrogens is 354 g/mol. The third-order valence-electron chi connectivity index (χ3n) is 5.31. The average molecular weight is 377 g/mol. The quantitative estimate of drug-likeness (QED) is 0.681. The Bertz CT molecular complexity index is 938. The normalized spacial score (nSPS) is 17.9. The fraction of sp³-hybridized carbons (Fsp3) is 0.400. The molecule has 3 aromatic heterocycles. The lowest BCUT2D eigenvalue weighted by atomic mass is 10.2. The molecule has 5 rings (SSSR count). The van der Waals surface area contributed by atoms with E-state index in [4.69, 9.17) is 9.72 Å². The predicted octanol–water partition coefficient (Wildman–Crippen LogP) is 1.58. The number of nitrogens with zero attached hydrogens (tertiary/aromatic N) is 7. The first-order valence-corrected chi connectivity index (χ1v) is 9.74. The highest BCUT2D eigenvalue weighted by Crippen LogP contribution is 2.29. The third-order valence-corrected chi connectivity index (χ3v) is 5.31. The fourth-order valence-electron chi connectivity index (χ4n) is 3.81. The molecule has 0 bridgehead atoms. The highest BCUT2D eigenvalue weighted by Gasteiger charge is 2.23. The molecule has 0 saturated carbocycles. The molecule has 144 valence electrons. The third kappa shape index (κ3) is 3.31. The Hall–Kier alpha value is -3.00. The summed E-state index contributed by atoms with van der Waals surface area (Å²) in [6.45, 7) is 6.71. The Labute approximate surface area is 163 Å². The Morgan fingerprint density at radius 3 is 2.25 bits per heavy atom. The number of morpholine rings is 1. The number of anilines is 3. The molecule has 0 radical (unpaired) electrons. The van der Waals surface area contributed by atoms with Gasteiger partial charge in [0, 0.05) is 69.3 Å². The van der Waals surface area contributed by atoms with Crippen molar-refractivity contribution in [1.29, 1.82) is 0 Å². The molecule has 0 unspecified atom stereocenters. The van der Waals surface area contributed by atoms with Crippen molar-refractivity contribution in [3.63, 3.8) is 0 Å². The molecule has 0 aromatic carbocycles. The molecule has 8 nitrogen and oxygen atoms in total. The van der Waals surface area contributed by atoms with Crippen LogP contribution in [0.1, 0.15) is 0 Å². The SMILES string of the molecule is c1cnc(N2CCN(c3nc(N4CCOCC4)cc4ncccc34)CC2)nc1. The minimum absolute atomic E-state index is 0.743. The standard InChI is InChI=1S/C20H23N7O/c1-3-16-17(21-4-1)15-18(25-11-13-28-14-12-25)24-19(16)26-7-9-27(10-8-26)20-22-5-2-6-23-20/h1-6,15H,7-14H2. The summed E-state index contributed by atoms with van der Waals surface area (Å²) in [7, 11) is 0. The Kier molecular flexibility index (Phi) is 4.62. The Morgan fingerprint density at radius 2 is 1.46 bits per heavy atom. The van der Waals surface area contributed by atoms with Crippen molar-refractivity contribution in [1.82, 2.24) is 19.9 Å². The number of piperazine rings is 1. The van der Waals surface area contributed by atoms with E-state index < -0.39 is 0 Å². The number of pyridine rings is 2. The zero-order valence-electron chi connectivity index (χ0n) is 15.7. The van der Waals surface area contributed by atoms with Gasteiger partial charge in [-0.3, -0.25) is 4.98 Å². The second kappa shape index (κ2) is 7.55. The van der Waals surface area contributed by atoms with Gasteiger partial charge >= 0.3 is 0 Å². The first-order chi connectivity index (χ1) is 13.9. The van der Waals surface area contributed by atoms with Gasteiger partial charge in [0.1, 0.15) is 11.6 Å². The van der Waals surface area contributed by atoms with Crippen molar-refractivity contribution >= 4 is 28.5 Å². The van der Waals surface area contributed by atoms with Gasteiger partial charge in [0.15, 0.2) is 0 Å². The molecule has 2 aliphatic rings. The van der Waals surface area contributed by atoms with Gasteiger partial charge in [-0.15, -0.1) is 0 Å². The van der Waals surface area contributed by atoms with Gasteiger partial charge in [0.2, 0.25) is 5.95 Å². The predicted molar refractivity (Wildman–Crippen MR) is 109 cm³/mol. The fourth-order valence-corrected chi connectivity index (χ4v) is 3.81. The largest absolute Gasteiger partial charge is 0.378 e. The summed E-state index contributed by atoms with van der Waals surface area (Å²) in [5.74, 6) is 2.79. The molecule has 0 amide bonds. The maximum atomic E-state index is 5.50. The van der Waals surface area contributed by atoms with Crippen molar-refractivity contribution in [3.05, 3.63) is 42.9 Å². The van der Waals surface area contributed by atoms with E-state index in [2.05, 4.69) is 41.8 Å². The van der Waals surface area contributed by atoms with Crippen molar-refractivity contribution in [2.45, 2.75) is 0 Å². The molecule has 28 heavy (non-hydrogen) atoms. The molecule has 2 aliphatic heterocycles. The average Bonchev–Trinajstić information content (AvgIpc) is 2.80. The summed E-state index contributed by atoms with van der Waals surface area (Å²) in [5, 5.41) is 1.10. The molecule has 2 saturated heterocycles. The highest BCUT2D eigenvalue weighted by molar-refractivity contribution is 5.91. The van der Waals surface area contributed by atoms with Gasteiger partial charge < -0.3 is 19.4 Å². The second-order valence-corrected chi connectivity index (χ2v) is 7.00. The summed E-state index contributed by atoms with van der Waals surface area (Å²) in [5.41, 5.74) is 0.989. The van der Waals surface area contributed by atoms with Gasteiger partial charge in [-0.2, -0.15) is 0 Å². The van der Waals surface area contributed by atoms with Crippen LogP contribution in [-0.4, -0.2) is 72.4 Å². The smallest absolute Gasteiger partial charge is 0.225 e. The Balaban J connectivity index is 1.43. The molecular formula is C20H23N7O. The van der Waals surface area contributed by atoms with E-state index in [9.17, 15) is 0 Å². The number of aromatic nitrogens is 4. The van der Waals surface area contributed by atoms with E-state index in [1.807, 2.05) is 18.3 Å². The van der Waals surface area contributed by atoms with E-state index in [0.29, 0.717) is 0 Å². The molecule has 3 aromatic rings. The second-order valence-electron chi connectivity index (χ2n) is 7.00. The maximum Gasteiger partial charge on any atom is 0.225 e. The van der Waals surface area contributed by atoms with E-state index in [0.717, 1.165) is 81.0 Å². The van der Waals surface area contributed by atoms with Crippen LogP contribution >= 0.6 is 0 Å². The molecule has 2 fully saturated rings. The van der Waals surface area contributed by atoms with Crippen molar-refractivity contribution in [2.24, 2.45) is 0 Å². The molecule has 8 heteroatoms. The van der Waals surface area contributed by atoms with Crippen molar-refractivity contribution in [3.8, 4) is 0 Å². The van der Waals surface area contributed by atoms with Crippen molar-refractivity contribution in [2.75, 3.05) is 67.2 Å². The number of fused-ring (bicyclic) bond motifs is 1. The zero-order chi connectivity index (χ0) is 18.8. The zero-order valence-corrected chi connectivity index (χ0v) is 15.7. The molecule has 5 heterocycles. The molecule has 0 atom stereocenters. The minimum Gasteiger partial charge on any atom is -0.378 e. The van der Waals surface area contributed by atoms with Crippen LogP contribution in [0.15, 0.2) is 42.9 Å². The number of hydrogen-bond donors (Lipinski definition) is 0. The van der Waals surface area contributed by atoms with E-state index in [1.54, 1.807) is 12.4 Å². The van der Waals surface area contributed by atoms with E-state index >= 15 is 0 Å². The number of hydrogen-bond acceptors (Lipinski definition) is 8. The van der Waals surface area contributed by atoms with Gasteiger partial charge in [-0.05, 0) is 18.2 Å². The molecule has 0 N–H and O–H groups in total. The van der Waals surface area contributed by atoms with Crippen LogP contribution in [0.3, 0.4) is 0 Å². The van der Waals surface area contributed by atoms with E-state index in [-0.39, 0.29) is 0 Å². The number of ether oxygens (including phenoxy) is 1. The van der Waals surface area contributed by atoms with Crippen LogP contribution in [0.4, 0.5) is 17.6 Å². The first kappa shape index (κ1) is 17.1. The minimum atomic E-state index is 0.743. The summed E-state index contributed by atoms with van der Waals surface area (Å²) in [6.07, 6.45) is 5.43. The molecule has 0 spiro atoms. The van der Waals surface area contributed by atoms with Crippen LogP contribution < -0.4 is 14.7 Å². The van der Waals surface area contributed by atoms with Gasteiger partial charge in [-0.1, -0.05) is 0 Å². The lowest BCUT2D eigenvalue weighted by Crippen LogP contribution is -2.47. The summed E-state index contributed by atoms with van der Waals surface area (Å²) in [4.78, 5) is 25.3. The van der Waals surface area contributed by atoms with Gasteiger partial charge in [0.25, 0.3) is 0 Å². The topological polar surface area (TPSA) is 70.5 Å². The van der Waals surface area contributed by atoms with Gasteiger partial charge in [-0.25, -0.2) is 15.0 Å². The summed E-state index contributed by atoms with van der Waals surface area (Å²) in [6, 6.07) is 8.04. The lowest BCUT2D eigenvalue weighted by Gasteiger charge is -2.36. The molecule has 0 aliphatic carbocycles. The maximum absolute atomic E-state index is 5.50. The van der Waals surface area contributed by atoms with Crippen LogP contribution in [0.25, 0.3) is 10.9 Å². The van der Waals surface area contributed by atoms with Crippen LogP contribution in [0.2, 0.25) is 0 Å². The summed E-state index contributed by atoms with van der Waals surface area (Å²) >= 11 is 0. The van der Waals surface area contributed by atoms with Crippen LogP contribution in [0, 0.1) is 0 Å². The summed E-state index contributed by atoms with van der Waals surface area (Å²) < 4.78 is 5.50. The Morgan fingerprint density at radius 1 is 0.750 bits per heavy atom. The number of rotatable bonds is 3. The van der Waals surface area contributed by atoms with Gasteiger partial charge in [0.05, 0.1) is 18.7 Å². The van der Waals surface area contributed by atoms with Crippen molar-refractivity contribution < 1.29 is 4.74 Å². The highest BCUT2D eigenvalue weighted by atomic mass is 16.5. The van der Waals surface area contributed by atoms with E-state index in [1.165, 1.54) is 0 Å². The van der Waals surface area contributed by atoms with Crippen LogP contribution in [-0.2, 0) is 4.74 Å². The lowest BCUT2D eigenvalue weighted by molar-refractivity contribution is 0.122.